The third kappa shape index (κ3) is 5.07. The molecule has 0 atom stereocenters. The van der Waals surface area contributed by atoms with Crippen LogP contribution < -0.4 is 14.8 Å². The molecular formula is C19H22N4O4S. The van der Waals surface area contributed by atoms with E-state index in [-0.39, 0.29) is 12.3 Å². The zero-order chi connectivity index (χ0) is 19.9. The lowest BCUT2D eigenvalue weighted by Crippen LogP contribution is -2.26. The molecule has 1 N–H and O–H groups in total. The van der Waals surface area contributed by atoms with Gasteiger partial charge in [-0.3, -0.25) is 4.79 Å². The van der Waals surface area contributed by atoms with Crippen molar-refractivity contribution in [2.75, 3.05) is 20.8 Å². The van der Waals surface area contributed by atoms with E-state index in [4.69, 9.17) is 14.0 Å². The Bertz CT molecular complexity index is 938. The molecule has 0 saturated heterocycles. The maximum absolute atomic E-state index is 12.1. The maximum Gasteiger partial charge on any atom is 0.226 e. The standard InChI is InChI=1S/C19H22N4O4S/c1-12-21-18(27-23-12)5-4-8-20-17(24)10-14-11-28-19(22-14)13-6-7-15(25-2)16(9-13)26-3/h6-7,9,11H,4-5,8,10H2,1-3H3,(H,20,24). The topological polar surface area (TPSA) is 99.4 Å². The predicted molar refractivity (Wildman–Crippen MR) is 105 cm³/mol. The molecule has 9 heteroatoms. The number of carbonyl (C=O) groups is 1. The molecule has 28 heavy (non-hydrogen) atoms. The fourth-order valence-corrected chi connectivity index (χ4v) is 3.44. The van der Waals surface area contributed by atoms with Crippen LogP contribution in [0.4, 0.5) is 0 Å². The maximum atomic E-state index is 12.1. The normalized spacial score (nSPS) is 10.7. The molecule has 0 radical (unpaired) electrons. The Morgan fingerprint density at radius 2 is 2.04 bits per heavy atom. The number of aromatic nitrogens is 3. The van der Waals surface area contributed by atoms with Crippen molar-refractivity contribution >= 4 is 17.2 Å². The van der Waals surface area contributed by atoms with Gasteiger partial charge in [0, 0.05) is 23.9 Å². The van der Waals surface area contributed by atoms with E-state index in [1.54, 1.807) is 21.1 Å². The molecule has 1 amide bonds. The van der Waals surface area contributed by atoms with Gasteiger partial charge in [-0.15, -0.1) is 11.3 Å². The molecule has 0 spiro atoms. The number of nitrogens with zero attached hydrogens (tertiary/aromatic N) is 3. The van der Waals surface area contributed by atoms with Crippen molar-refractivity contribution in [2.45, 2.75) is 26.2 Å². The van der Waals surface area contributed by atoms with Crippen molar-refractivity contribution in [3.63, 3.8) is 0 Å². The van der Waals surface area contributed by atoms with E-state index in [1.807, 2.05) is 23.6 Å². The van der Waals surface area contributed by atoms with Crippen LogP contribution in [0.25, 0.3) is 10.6 Å². The summed E-state index contributed by atoms with van der Waals surface area (Å²) in [7, 11) is 3.19. The van der Waals surface area contributed by atoms with Crippen LogP contribution in [-0.2, 0) is 17.6 Å². The van der Waals surface area contributed by atoms with Crippen LogP contribution in [-0.4, -0.2) is 41.8 Å². The summed E-state index contributed by atoms with van der Waals surface area (Å²) in [5.74, 6) is 2.45. The number of ether oxygens (including phenoxy) is 2. The van der Waals surface area contributed by atoms with Gasteiger partial charge >= 0.3 is 0 Å². The first-order chi connectivity index (χ1) is 13.6. The number of benzene rings is 1. The number of amides is 1. The molecule has 0 aliphatic carbocycles. The Kier molecular flexibility index (Phi) is 6.59. The highest BCUT2D eigenvalue weighted by Gasteiger charge is 2.12. The Morgan fingerprint density at radius 1 is 1.21 bits per heavy atom. The van der Waals surface area contributed by atoms with Crippen LogP contribution in [0, 0.1) is 6.92 Å². The van der Waals surface area contributed by atoms with Crippen molar-refractivity contribution in [3.8, 4) is 22.1 Å². The van der Waals surface area contributed by atoms with Gasteiger partial charge in [-0.05, 0) is 31.5 Å². The molecule has 0 unspecified atom stereocenters. The minimum atomic E-state index is -0.0640. The Hall–Kier alpha value is -2.94. The minimum Gasteiger partial charge on any atom is -0.493 e. The Labute approximate surface area is 166 Å². The first-order valence-corrected chi connectivity index (χ1v) is 9.69. The molecule has 0 aliphatic rings. The molecule has 0 fully saturated rings. The van der Waals surface area contributed by atoms with Gasteiger partial charge in [-0.1, -0.05) is 5.16 Å². The SMILES string of the molecule is COc1ccc(-c2nc(CC(=O)NCCCc3nc(C)no3)cs2)cc1OC. The van der Waals surface area contributed by atoms with E-state index in [0.29, 0.717) is 36.2 Å². The van der Waals surface area contributed by atoms with E-state index < -0.39 is 0 Å². The summed E-state index contributed by atoms with van der Waals surface area (Å²) in [6.45, 7) is 2.33. The van der Waals surface area contributed by atoms with Gasteiger partial charge < -0.3 is 19.3 Å². The summed E-state index contributed by atoms with van der Waals surface area (Å²) < 4.78 is 15.6. The molecule has 3 aromatic rings. The number of thiazole rings is 1. The van der Waals surface area contributed by atoms with E-state index in [9.17, 15) is 4.79 Å². The van der Waals surface area contributed by atoms with Gasteiger partial charge in [0.05, 0.1) is 26.3 Å². The highest BCUT2D eigenvalue weighted by atomic mass is 32.1. The third-order valence-electron chi connectivity index (χ3n) is 3.98. The summed E-state index contributed by atoms with van der Waals surface area (Å²) >= 11 is 1.49. The Morgan fingerprint density at radius 3 is 2.75 bits per heavy atom. The van der Waals surface area contributed by atoms with Gasteiger partial charge in [0.25, 0.3) is 0 Å². The second-order valence-electron chi connectivity index (χ2n) is 6.08. The van der Waals surface area contributed by atoms with Crippen molar-refractivity contribution in [1.82, 2.24) is 20.4 Å². The first kappa shape index (κ1) is 19.8. The monoisotopic (exact) mass is 402 g/mol. The molecule has 8 nitrogen and oxygen atoms in total. The van der Waals surface area contributed by atoms with E-state index in [1.165, 1.54) is 11.3 Å². The number of carbonyl (C=O) groups excluding carboxylic acids is 1. The third-order valence-corrected chi connectivity index (χ3v) is 4.92. The van der Waals surface area contributed by atoms with Crippen LogP contribution in [0.3, 0.4) is 0 Å². The summed E-state index contributed by atoms with van der Waals surface area (Å²) in [4.78, 5) is 20.8. The molecule has 0 aliphatic heterocycles. The molecule has 148 valence electrons. The fourth-order valence-electron chi connectivity index (χ4n) is 2.63. The van der Waals surface area contributed by atoms with E-state index in [0.717, 1.165) is 22.7 Å². The second kappa shape index (κ2) is 9.32. The van der Waals surface area contributed by atoms with E-state index in [2.05, 4.69) is 20.4 Å². The van der Waals surface area contributed by atoms with Crippen molar-refractivity contribution in [2.24, 2.45) is 0 Å². The quantitative estimate of drug-likeness (QED) is 0.549. The molecule has 1 aromatic carbocycles. The molecule has 0 saturated carbocycles. The van der Waals surface area contributed by atoms with Crippen molar-refractivity contribution < 1.29 is 18.8 Å². The highest BCUT2D eigenvalue weighted by Crippen LogP contribution is 2.33. The summed E-state index contributed by atoms with van der Waals surface area (Å²) in [5, 5.41) is 9.35. The average Bonchev–Trinajstić information content (AvgIpc) is 3.33. The minimum absolute atomic E-state index is 0.0640. The zero-order valence-corrected chi connectivity index (χ0v) is 16.8. The lowest BCUT2D eigenvalue weighted by atomic mass is 10.2. The molecule has 2 aromatic heterocycles. The summed E-state index contributed by atoms with van der Waals surface area (Å²) in [5.41, 5.74) is 1.66. The largest absolute Gasteiger partial charge is 0.493 e. The van der Waals surface area contributed by atoms with Gasteiger partial charge in [0.15, 0.2) is 17.3 Å². The van der Waals surface area contributed by atoms with E-state index >= 15 is 0 Å². The highest BCUT2D eigenvalue weighted by molar-refractivity contribution is 7.13. The lowest BCUT2D eigenvalue weighted by molar-refractivity contribution is -0.120. The van der Waals surface area contributed by atoms with Crippen LogP contribution in [0.5, 0.6) is 11.5 Å². The van der Waals surface area contributed by atoms with Crippen molar-refractivity contribution in [3.05, 3.63) is 41.0 Å². The molecule has 2 heterocycles. The number of nitrogens with one attached hydrogen (secondary N) is 1. The average molecular weight is 402 g/mol. The Balaban J connectivity index is 1.50. The second-order valence-corrected chi connectivity index (χ2v) is 6.94. The number of aryl methyl sites for hydroxylation is 2. The number of methoxy groups -OCH3 is 2. The smallest absolute Gasteiger partial charge is 0.226 e. The fraction of sp³-hybridized carbons (Fsp3) is 0.368. The lowest BCUT2D eigenvalue weighted by Gasteiger charge is -2.08. The van der Waals surface area contributed by atoms with Gasteiger partial charge in [0.2, 0.25) is 11.8 Å². The number of rotatable bonds is 9. The van der Waals surface area contributed by atoms with Gasteiger partial charge in [0.1, 0.15) is 5.01 Å². The van der Waals surface area contributed by atoms with Crippen molar-refractivity contribution in [1.29, 1.82) is 0 Å². The molecule has 0 bridgehead atoms. The first-order valence-electron chi connectivity index (χ1n) is 8.81. The zero-order valence-electron chi connectivity index (χ0n) is 16.0. The van der Waals surface area contributed by atoms with Crippen LogP contribution in [0.1, 0.15) is 23.8 Å². The van der Waals surface area contributed by atoms with Crippen LogP contribution in [0.2, 0.25) is 0 Å². The number of hydrogen-bond donors (Lipinski definition) is 1. The number of hydrogen-bond acceptors (Lipinski definition) is 8. The van der Waals surface area contributed by atoms with Gasteiger partial charge in [-0.25, -0.2) is 4.98 Å². The van der Waals surface area contributed by atoms with Crippen LogP contribution in [0.15, 0.2) is 28.1 Å². The molecular weight excluding hydrogens is 380 g/mol. The molecule has 3 rings (SSSR count). The summed E-state index contributed by atoms with van der Waals surface area (Å²) in [6, 6.07) is 5.64. The predicted octanol–water partition coefficient (Wildman–Crippen LogP) is 2.81. The van der Waals surface area contributed by atoms with Gasteiger partial charge in [-0.2, -0.15) is 4.98 Å². The van der Waals surface area contributed by atoms with Crippen LogP contribution >= 0.6 is 11.3 Å². The summed E-state index contributed by atoms with van der Waals surface area (Å²) in [6.07, 6.45) is 1.62.